The standard InChI is InChI=1S/C27H36N2O4/c1-4-5-6-7-8-9-10-11-12-26(31)33-25-19-28-27(29-20-25)24-17-15-23(16-18-24)14-13-21(2)32-22(3)30/h11-12,15-21H,4-10,13-14H2,1-3H3. The Morgan fingerprint density at radius 3 is 2.33 bits per heavy atom. The Morgan fingerprint density at radius 1 is 1.00 bits per heavy atom. The van der Waals surface area contributed by atoms with Gasteiger partial charge in [-0.3, -0.25) is 4.79 Å². The maximum atomic E-state index is 12.0. The Bertz CT molecular complexity index is 876. The molecular formula is C27H36N2O4. The summed E-state index contributed by atoms with van der Waals surface area (Å²) in [7, 11) is 0. The summed E-state index contributed by atoms with van der Waals surface area (Å²) in [5.74, 6) is 0.218. The van der Waals surface area contributed by atoms with Crippen LogP contribution in [0.1, 0.15) is 77.7 Å². The van der Waals surface area contributed by atoms with Crippen molar-refractivity contribution in [1.29, 1.82) is 0 Å². The van der Waals surface area contributed by atoms with Crippen LogP contribution in [0.25, 0.3) is 11.4 Å². The second kappa shape index (κ2) is 14.9. The molecule has 0 aliphatic carbocycles. The zero-order valence-electron chi connectivity index (χ0n) is 20.1. The second-order valence-corrected chi connectivity index (χ2v) is 8.28. The van der Waals surface area contributed by atoms with Crippen molar-refractivity contribution in [2.45, 2.75) is 84.7 Å². The molecule has 6 nitrogen and oxygen atoms in total. The van der Waals surface area contributed by atoms with E-state index in [1.54, 1.807) is 0 Å². The fraction of sp³-hybridized carbons (Fsp3) is 0.481. The highest BCUT2D eigenvalue weighted by Gasteiger charge is 2.08. The largest absolute Gasteiger partial charge is 0.463 e. The number of benzene rings is 1. The molecule has 0 bridgehead atoms. The minimum atomic E-state index is -0.412. The van der Waals surface area contributed by atoms with Crippen LogP contribution in [0.5, 0.6) is 5.75 Å². The molecule has 2 rings (SSSR count). The van der Waals surface area contributed by atoms with E-state index in [0.717, 1.165) is 36.8 Å². The summed E-state index contributed by atoms with van der Waals surface area (Å²) in [6, 6.07) is 7.94. The van der Waals surface area contributed by atoms with Crippen LogP contribution < -0.4 is 4.74 Å². The third kappa shape index (κ3) is 10.9. The maximum Gasteiger partial charge on any atom is 0.335 e. The number of hydrogen-bond acceptors (Lipinski definition) is 6. The van der Waals surface area contributed by atoms with Crippen LogP contribution in [0.3, 0.4) is 0 Å². The van der Waals surface area contributed by atoms with E-state index in [2.05, 4.69) is 16.9 Å². The molecule has 178 valence electrons. The third-order valence-corrected chi connectivity index (χ3v) is 5.24. The molecule has 6 heteroatoms. The van der Waals surface area contributed by atoms with E-state index in [9.17, 15) is 9.59 Å². The van der Waals surface area contributed by atoms with Crippen molar-refractivity contribution >= 4 is 11.9 Å². The molecule has 0 radical (unpaired) electrons. The van der Waals surface area contributed by atoms with E-state index in [1.165, 1.54) is 57.5 Å². The molecule has 0 saturated carbocycles. The lowest BCUT2D eigenvalue weighted by molar-refractivity contribution is -0.145. The van der Waals surface area contributed by atoms with Gasteiger partial charge in [-0.2, -0.15) is 0 Å². The number of aromatic nitrogens is 2. The third-order valence-electron chi connectivity index (χ3n) is 5.24. The Balaban J connectivity index is 1.76. The van der Waals surface area contributed by atoms with Crippen molar-refractivity contribution in [1.82, 2.24) is 9.97 Å². The molecule has 33 heavy (non-hydrogen) atoms. The van der Waals surface area contributed by atoms with Gasteiger partial charge in [0.05, 0.1) is 18.5 Å². The molecule has 0 fully saturated rings. The highest BCUT2D eigenvalue weighted by Crippen LogP contribution is 2.18. The molecule has 1 aromatic carbocycles. The quantitative estimate of drug-likeness (QED) is 0.192. The SMILES string of the molecule is CCCCCCCCC=CC(=O)Oc1cnc(-c2ccc(CCC(C)OC(C)=O)cc2)nc1. The molecule has 0 N–H and O–H groups in total. The zero-order valence-corrected chi connectivity index (χ0v) is 20.1. The van der Waals surface area contributed by atoms with Crippen molar-refractivity contribution in [2.75, 3.05) is 0 Å². The lowest BCUT2D eigenvalue weighted by Crippen LogP contribution is -2.12. The van der Waals surface area contributed by atoms with Crippen molar-refractivity contribution in [2.24, 2.45) is 0 Å². The Labute approximate surface area is 197 Å². The average Bonchev–Trinajstić information content (AvgIpc) is 2.80. The van der Waals surface area contributed by atoms with E-state index >= 15 is 0 Å². The van der Waals surface area contributed by atoms with Crippen LogP contribution in [-0.4, -0.2) is 28.0 Å². The normalized spacial score (nSPS) is 12.0. The van der Waals surface area contributed by atoms with Crippen LogP contribution in [0, 0.1) is 0 Å². The van der Waals surface area contributed by atoms with Gasteiger partial charge in [-0.15, -0.1) is 0 Å². The molecule has 1 aromatic heterocycles. The molecule has 0 amide bonds. The highest BCUT2D eigenvalue weighted by atomic mass is 16.5. The van der Waals surface area contributed by atoms with Gasteiger partial charge in [0.15, 0.2) is 11.6 Å². The topological polar surface area (TPSA) is 78.4 Å². The van der Waals surface area contributed by atoms with Crippen LogP contribution in [0.4, 0.5) is 0 Å². The first-order chi connectivity index (χ1) is 16.0. The fourth-order valence-corrected chi connectivity index (χ4v) is 3.42. The maximum absolute atomic E-state index is 12.0. The predicted molar refractivity (Wildman–Crippen MR) is 130 cm³/mol. The first-order valence-electron chi connectivity index (χ1n) is 11.9. The van der Waals surface area contributed by atoms with Gasteiger partial charge in [-0.1, -0.05) is 69.4 Å². The second-order valence-electron chi connectivity index (χ2n) is 8.28. The Morgan fingerprint density at radius 2 is 1.67 bits per heavy atom. The number of unbranched alkanes of at least 4 members (excludes halogenated alkanes) is 6. The molecule has 2 aromatic rings. The van der Waals surface area contributed by atoms with Gasteiger partial charge in [0.2, 0.25) is 0 Å². The first-order valence-corrected chi connectivity index (χ1v) is 11.9. The van der Waals surface area contributed by atoms with Crippen molar-refractivity contribution in [3.8, 4) is 17.1 Å². The minimum Gasteiger partial charge on any atom is -0.463 e. The molecule has 1 atom stereocenters. The average molecular weight is 453 g/mol. The number of carbonyl (C=O) groups is 2. The number of nitrogens with zero attached hydrogens (tertiary/aromatic N) is 2. The summed E-state index contributed by atoms with van der Waals surface area (Å²) in [6.45, 7) is 5.53. The van der Waals surface area contributed by atoms with Crippen molar-refractivity contribution < 1.29 is 19.1 Å². The predicted octanol–water partition coefficient (Wildman–Crippen LogP) is 6.24. The van der Waals surface area contributed by atoms with E-state index < -0.39 is 5.97 Å². The number of allylic oxidation sites excluding steroid dienone is 1. The van der Waals surface area contributed by atoms with Crippen LogP contribution in [0.2, 0.25) is 0 Å². The number of carbonyl (C=O) groups excluding carboxylic acids is 2. The van der Waals surface area contributed by atoms with E-state index in [4.69, 9.17) is 9.47 Å². The molecule has 0 aliphatic heterocycles. The van der Waals surface area contributed by atoms with Gasteiger partial charge in [0.25, 0.3) is 0 Å². The monoisotopic (exact) mass is 452 g/mol. The van der Waals surface area contributed by atoms with Gasteiger partial charge in [-0.05, 0) is 38.2 Å². The summed E-state index contributed by atoms with van der Waals surface area (Å²) in [5, 5.41) is 0. The van der Waals surface area contributed by atoms with Crippen LogP contribution >= 0.6 is 0 Å². The van der Waals surface area contributed by atoms with E-state index in [0.29, 0.717) is 11.6 Å². The number of rotatable bonds is 14. The molecule has 0 aliphatic rings. The van der Waals surface area contributed by atoms with E-state index in [1.807, 2.05) is 37.3 Å². The zero-order chi connectivity index (χ0) is 23.9. The summed E-state index contributed by atoms with van der Waals surface area (Å²) < 4.78 is 10.4. The summed E-state index contributed by atoms with van der Waals surface area (Å²) in [5.41, 5.74) is 2.03. The Hall–Kier alpha value is -3.02. The van der Waals surface area contributed by atoms with Crippen LogP contribution in [0.15, 0.2) is 48.8 Å². The lowest BCUT2D eigenvalue weighted by atomic mass is 10.1. The van der Waals surface area contributed by atoms with Crippen LogP contribution in [-0.2, 0) is 20.7 Å². The number of hydrogen-bond donors (Lipinski definition) is 0. The van der Waals surface area contributed by atoms with Crippen molar-refractivity contribution in [3.05, 3.63) is 54.4 Å². The van der Waals surface area contributed by atoms with Gasteiger partial charge in [0, 0.05) is 18.6 Å². The summed E-state index contributed by atoms with van der Waals surface area (Å²) in [6.07, 6.45) is 16.1. The van der Waals surface area contributed by atoms with E-state index in [-0.39, 0.29) is 12.1 Å². The Kier molecular flexibility index (Phi) is 11.9. The van der Waals surface area contributed by atoms with Gasteiger partial charge in [0.1, 0.15) is 0 Å². The number of esters is 2. The minimum absolute atomic E-state index is 0.105. The number of ether oxygens (including phenoxy) is 2. The number of aryl methyl sites for hydroxylation is 1. The lowest BCUT2D eigenvalue weighted by Gasteiger charge is -2.11. The van der Waals surface area contributed by atoms with Gasteiger partial charge < -0.3 is 9.47 Å². The van der Waals surface area contributed by atoms with Gasteiger partial charge >= 0.3 is 11.9 Å². The summed E-state index contributed by atoms with van der Waals surface area (Å²) in [4.78, 5) is 31.6. The molecule has 1 unspecified atom stereocenters. The highest BCUT2D eigenvalue weighted by molar-refractivity contribution is 5.83. The molecule has 1 heterocycles. The van der Waals surface area contributed by atoms with Gasteiger partial charge in [-0.25, -0.2) is 14.8 Å². The molecule has 0 spiro atoms. The summed E-state index contributed by atoms with van der Waals surface area (Å²) >= 11 is 0. The van der Waals surface area contributed by atoms with Crippen molar-refractivity contribution in [3.63, 3.8) is 0 Å². The molecular weight excluding hydrogens is 416 g/mol. The molecule has 0 saturated heterocycles. The smallest absolute Gasteiger partial charge is 0.335 e. The fourth-order valence-electron chi connectivity index (χ4n) is 3.42. The first kappa shape index (κ1) is 26.2.